The molecule has 1 aliphatic rings. The van der Waals surface area contributed by atoms with Gasteiger partial charge in [0, 0.05) is 24.4 Å². The molecule has 9 nitrogen and oxygen atoms in total. The van der Waals surface area contributed by atoms with Crippen LogP contribution >= 0.6 is 11.6 Å². The van der Waals surface area contributed by atoms with E-state index in [4.69, 9.17) is 11.6 Å². The van der Waals surface area contributed by atoms with Crippen LogP contribution in [0.5, 0.6) is 0 Å². The number of hydrogen-bond donors (Lipinski definition) is 1. The number of rotatable bonds is 5. The highest BCUT2D eigenvalue weighted by Crippen LogP contribution is 2.41. The van der Waals surface area contributed by atoms with Gasteiger partial charge in [-0.15, -0.1) is 0 Å². The third-order valence-corrected chi connectivity index (χ3v) is 5.91. The molecule has 5 heterocycles. The molecule has 13 heteroatoms. The minimum atomic E-state index is -4.26. The Labute approximate surface area is 195 Å². The van der Waals surface area contributed by atoms with Crippen molar-refractivity contribution in [1.82, 2.24) is 34.5 Å². The lowest BCUT2D eigenvalue weighted by atomic mass is 9.81. The smallest absolute Gasteiger partial charge is 0.309 e. The normalized spacial score (nSPS) is 17.7. The molecular formula is C21H16ClF3N8O. The zero-order chi connectivity index (χ0) is 24.1. The number of nitrogens with zero attached hydrogens (tertiary/aromatic N) is 7. The van der Waals surface area contributed by atoms with E-state index in [9.17, 15) is 18.0 Å². The third-order valence-electron chi connectivity index (χ3n) is 5.69. The third kappa shape index (κ3) is 3.83. The maximum absolute atomic E-state index is 12.9. The van der Waals surface area contributed by atoms with E-state index in [0.717, 1.165) is 0 Å². The van der Waals surface area contributed by atoms with Crippen molar-refractivity contribution in [3.63, 3.8) is 0 Å². The Morgan fingerprint density at radius 3 is 2.71 bits per heavy atom. The van der Waals surface area contributed by atoms with Gasteiger partial charge in [0.15, 0.2) is 11.5 Å². The second kappa shape index (κ2) is 7.97. The molecule has 0 spiro atoms. The molecule has 0 fully saturated rings. The van der Waals surface area contributed by atoms with Crippen LogP contribution in [0.15, 0.2) is 37.1 Å². The van der Waals surface area contributed by atoms with Gasteiger partial charge >= 0.3 is 6.18 Å². The first-order valence-corrected chi connectivity index (χ1v) is 10.6. The molecular weight excluding hydrogens is 473 g/mol. The second-order valence-electron chi connectivity index (χ2n) is 7.97. The topological polar surface area (TPSA) is 111 Å². The highest BCUT2D eigenvalue weighted by molar-refractivity contribution is 6.30. The molecule has 0 aromatic carbocycles. The number of aryl methyl sites for hydroxylation is 1. The Balaban J connectivity index is 1.51. The monoisotopic (exact) mass is 488 g/mol. The van der Waals surface area contributed by atoms with Crippen molar-refractivity contribution in [3.8, 4) is 11.5 Å². The van der Waals surface area contributed by atoms with Crippen LogP contribution in [-0.2, 0) is 16.6 Å². The number of halogens is 4. The summed E-state index contributed by atoms with van der Waals surface area (Å²) in [6.45, 7) is 1.71. The molecule has 4 aromatic rings. The SMILES string of the molecule is CC1(c2ccc(Cl)cn2)C(=O)Nc2nc(-c3cn4ncnc4c(CCCC(F)(F)F)n3)ncc21. The molecule has 4 aromatic heterocycles. The second-order valence-corrected chi connectivity index (χ2v) is 8.40. The molecule has 0 radical (unpaired) electrons. The molecule has 34 heavy (non-hydrogen) atoms. The van der Waals surface area contributed by atoms with Crippen LogP contribution in [0.4, 0.5) is 19.0 Å². The summed E-state index contributed by atoms with van der Waals surface area (Å²) in [5, 5.41) is 7.28. The number of carbonyl (C=O) groups excluding carboxylic acids is 1. The van der Waals surface area contributed by atoms with Crippen LogP contribution in [0.1, 0.15) is 36.7 Å². The summed E-state index contributed by atoms with van der Waals surface area (Å²) in [5.74, 6) is 0.159. The van der Waals surface area contributed by atoms with Crippen molar-refractivity contribution in [2.45, 2.75) is 37.8 Å². The fourth-order valence-electron chi connectivity index (χ4n) is 3.87. The van der Waals surface area contributed by atoms with E-state index >= 15 is 0 Å². The lowest BCUT2D eigenvalue weighted by Crippen LogP contribution is -2.33. The van der Waals surface area contributed by atoms with Gasteiger partial charge in [0.05, 0.1) is 22.6 Å². The molecule has 1 unspecified atom stereocenters. The summed E-state index contributed by atoms with van der Waals surface area (Å²) in [4.78, 5) is 34.6. The molecule has 1 N–H and O–H groups in total. The van der Waals surface area contributed by atoms with Crippen molar-refractivity contribution >= 4 is 29.0 Å². The minimum absolute atomic E-state index is 0.0531. The minimum Gasteiger partial charge on any atom is -0.309 e. The first-order chi connectivity index (χ1) is 16.1. The van der Waals surface area contributed by atoms with Crippen LogP contribution in [0.2, 0.25) is 5.02 Å². The lowest BCUT2D eigenvalue weighted by molar-refractivity contribution is -0.135. The van der Waals surface area contributed by atoms with Gasteiger partial charge in [0.2, 0.25) is 5.91 Å². The zero-order valence-electron chi connectivity index (χ0n) is 17.6. The molecule has 1 aliphatic heterocycles. The highest BCUT2D eigenvalue weighted by atomic mass is 35.5. The van der Waals surface area contributed by atoms with Crippen LogP contribution in [-0.4, -0.2) is 46.6 Å². The summed E-state index contributed by atoms with van der Waals surface area (Å²) in [6, 6.07) is 3.31. The fraction of sp³-hybridized carbons (Fsp3) is 0.286. The average Bonchev–Trinajstić information content (AvgIpc) is 3.36. The quantitative estimate of drug-likeness (QED) is 0.455. The van der Waals surface area contributed by atoms with E-state index in [0.29, 0.717) is 33.4 Å². The molecule has 0 aliphatic carbocycles. The number of fused-ring (bicyclic) bond motifs is 2. The predicted molar refractivity (Wildman–Crippen MR) is 115 cm³/mol. The van der Waals surface area contributed by atoms with E-state index in [-0.39, 0.29) is 30.3 Å². The Kier molecular flexibility index (Phi) is 5.19. The van der Waals surface area contributed by atoms with Gasteiger partial charge in [0.1, 0.15) is 23.3 Å². The van der Waals surface area contributed by atoms with Gasteiger partial charge in [-0.1, -0.05) is 11.6 Å². The molecule has 0 saturated carbocycles. The largest absolute Gasteiger partial charge is 0.389 e. The Hall–Kier alpha value is -3.67. The zero-order valence-corrected chi connectivity index (χ0v) is 18.4. The van der Waals surface area contributed by atoms with Gasteiger partial charge in [-0.3, -0.25) is 9.78 Å². The molecule has 174 valence electrons. The lowest BCUT2D eigenvalue weighted by Gasteiger charge is -2.20. The highest BCUT2D eigenvalue weighted by Gasteiger charge is 2.46. The molecule has 5 rings (SSSR count). The maximum Gasteiger partial charge on any atom is 0.389 e. The number of aromatic nitrogens is 7. The number of carbonyl (C=O) groups is 1. The van der Waals surface area contributed by atoms with Crippen molar-refractivity contribution in [3.05, 3.63) is 59.0 Å². The van der Waals surface area contributed by atoms with Gasteiger partial charge in [-0.25, -0.2) is 24.5 Å². The van der Waals surface area contributed by atoms with Gasteiger partial charge in [-0.05, 0) is 31.9 Å². The van der Waals surface area contributed by atoms with Crippen LogP contribution in [0.3, 0.4) is 0 Å². The fourth-order valence-corrected chi connectivity index (χ4v) is 3.98. The number of amides is 1. The standard InChI is InChI=1S/C21H16ClF3N8O/c1-20(15-5-4-11(22)7-26-15)12-8-27-17(31-16(12)32-19(20)34)14-9-33-18(28-10-29-33)13(30-14)3-2-6-21(23,24)25/h4-5,7-10H,2-3,6H2,1H3,(H,27,31,32,34). The van der Waals surface area contributed by atoms with E-state index in [1.165, 1.54) is 29.4 Å². The van der Waals surface area contributed by atoms with Crippen molar-refractivity contribution < 1.29 is 18.0 Å². The van der Waals surface area contributed by atoms with Gasteiger partial charge in [0.25, 0.3) is 0 Å². The molecule has 1 atom stereocenters. The number of alkyl halides is 3. The number of anilines is 1. The van der Waals surface area contributed by atoms with Crippen LogP contribution in [0.25, 0.3) is 17.2 Å². The van der Waals surface area contributed by atoms with E-state index in [1.807, 2.05) is 0 Å². The van der Waals surface area contributed by atoms with Crippen molar-refractivity contribution in [2.75, 3.05) is 5.32 Å². The summed E-state index contributed by atoms with van der Waals surface area (Å²) >= 11 is 5.93. The average molecular weight is 489 g/mol. The van der Waals surface area contributed by atoms with Crippen LogP contribution < -0.4 is 5.32 Å². The predicted octanol–water partition coefficient (Wildman–Crippen LogP) is 3.77. The first-order valence-electron chi connectivity index (χ1n) is 10.2. The van der Waals surface area contributed by atoms with Gasteiger partial charge in [-0.2, -0.15) is 18.3 Å². The molecule has 0 saturated heterocycles. The van der Waals surface area contributed by atoms with E-state index < -0.39 is 18.0 Å². The Morgan fingerprint density at radius 2 is 1.97 bits per heavy atom. The van der Waals surface area contributed by atoms with Gasteiger partial charge < -0.3 is 5.32 Å². The van der Waals surface area contributed by atoms with E-state index in [1.54, 1.807) is 19.1 Å². The summed E-state index contributed by atoms with van der Waals surface area (Å²) in [5.41, 5.74) is 0.895. The summed E-state index contributed by atoms with van der Waals surface area (Å²) < 4.78 is 39.2. The van der Waals surface area contributed by atoms with Crippen molar-refractivity contribution in [1.29, 1.82) is 0 Å². The van der Waals surface area contributed by atoms with E-state index in [2.05, 4.69) is 35.3 Å². The number of pyridine rings is 1. The number of nitrogens with one attached hydrogen (secondary N) is 1. The number of hydrogen-bond acceptors (Lipinski definition) is 7. The molecule has 0 bridgehead atoms. The maximum atomic E-state index is 12.9. The Bertz CT molecular complexity index is 1410. The van der Waals surface area contributed by atoms with Crippen LogP contribution in [0, 0.1) is 0 Å². The molecule has 1 amide bonds. The first kappa shape index (κ1) is 22.1. The summed E-state index contributed by atoms with van der Waals surface area (Å²) in [7, 11) is 0. The van der Waals surface area contributed by atoms with Crippen molar-refractivity contribution in [2.24, 2.45) is 0 Å². The summed E-state index contributed by atoms with van der Waals surface area (Å²) in [6.07, 6.45) is 0.527. The Morgan fingerprint density at radius 1 is 1.15 bits per heavy atom.